The average molecular weight is 283 g/mol. The van der Waals surface area contributed by atoms with E-state index in [-0.39, 0.29) is 0 Å². The van der Waals surface area contributed by atoms with E-state index in [1.165, 1.54) is 4.88 Å². The Morgan fingerprint density at radius 1 is 1.25 bits per heavy atom. The maximum atomic E-state index is 5.78. The minimum absolute atomic E-state index is 0.354. The molecule has 0 fully saturated rings. The minimum atomic E-state index is 0.354. The van der Waals surface area contributed by atoms with Gasteiger partial charge in [-0.1, -0.05) is 6.07 Å². The van der Waals surface area contributed by atoms with Crippen LogP contribution in [-0.4, -0.2) is 11.0 Å². The zero-order valence-corrected chi connectivity index (χ0v) is 12.2. The number of nitrogens with zero attached hydrogens (tertiary/aromatic N) is 1. The summed E-state index contributed by atoms with van der Waals surface area (Å²) in [6, 6.07) is 14.5. The average Bonchev–Trinajstić information content (AvgIpc) is 2.91. The van der Waals surface area contributed by atoms with Crippen molar-refractivity contribution >= 4 is 33.7 Å². The molecule has 0 aliphatic heterocycles. The molecule has 3 rings (SSSR count). The van der Waals surface area contributed by atoms with Crippen LogP contribution >= 0.6 is 11.3 Å². The van der Waals surface area contributed by atoms with Crippen molar-refractivity contribution in [2.24, 2.45) is 0 Å². The zero-order valence-electron chi connectivity index (χ0n) is 11.3. The van der Waals surface area contributed by atoms with Crippen molar-refractivity contribution < 1.29 is 0 Å². The van der Waals surface area contributed by atoms with Gasteiger partial charge in [-0.25, -0.2) is 4.98 Å². The molecule has 1 aromatic carbocycles. The Morgan fingerprint density at radius 3 is 2.95 bits per heavy atom. The number of nitrogens with one attached hydrogen (secondary N) is 1. The number of nitrogen functional groups attached to an aromatic ring is 1. The summed E-state index contributed by atoms with van der Waals surface area (Å²) in [5.74, 6) is 0.909. The number of rotatable bonds is 4. The highest BCUT2D eigenvalue weighted by Crippen LogP contribution is 2.19. The summed E-state index contributed by atoms with van der Waals surface area (Å²) in [5.41, 5.74) is 7.51. The van der Waals surface area contributed by atoms with Gasteiger partial charge in [-0.15, -0.1) is 11.3 Å². The lowest BCUT2D eigenvalue weighted by Crippen LogP contribution is -2.18. The van der Waals surface area contributed by atoms with E-state index < -0.39 is 0 Å². The normalized spacial score (nSPS) is 12.4. The van der Waals surface area contributed by atoms with Crippen LogP contribution in [0.15, 0.2) is 47.8 Å². The van der Waals surface area contributed by atoms with Gasteiger partial charge in [0, 0.05) is 28.4 Å². The fourth-order valence-corrected chi connectivity index (χ4v) is 3.09. The molecule has 2 heterocycles. The molecule has 3 N–H and O–H groups in total. The first-order chi connectivity index (χ1) is 9.70. The lowest BCUT2D eigenvalue weighted by Gasteiger charge is -2.14. The third kappa shape index (κ3) is 2.91. The molecule has 3 nitrogen and oxygen atoms in total. The summed E-state index contributed by atoms with van der Waals surface area (Å²) < 4.78 is 0. The number of hydrogen-bond donors (Lipinski definition) is 2. The number of hydrogen-bond acceptors (Lipinski definition) is 4. The summed E-state index contributed by atoms with van der Waals surface area (Å²) in [4.78, 5) is 6.01. The Morgan fingerprint density at radius 2 is 2.15 bits per heavy atom. The highest BCUT2D eigenvalue weighted by molar-refractivity contribution is 7.09. The molecule has 0 amide bonds. The van der Waals surface area contributed by atoms with E-state index in [0.29, 0.717) is 6.04 Å². The van der Waals surface area contributed by atoms with Gasteiger partial charge in [-0.3, -0.25) is 0 Å². The summed E-state index contributed by atoms with van der Waals surface area (Å²) >= 11 is 1.79. The van der Waals surface area contributed by atoms with E-state index in [9.17, 15) is 0 Å². The van der Waals surface area contributed by atoms with Gasteiger partial charge in [0.25, 0.3) is 0 Å². The molecule has 0 saturated carbocycles. The summed E-state index contributed by atoms with van der Waals surface area (Å²) in [6.07, 6.45) is 1.01. The first kappa shape index (κ1) is 12.9. The Balaban J connectivity index is 1.75. The number of thiophene rings is 1. The molecule has 102 valence electrons. The van der Waals surface area contributed by atoms with Crippen LogP contribution < -0.4 is 11.1 Å². The SMILES string of the molecule is CC(Cc1cccs1)Nc1ccc2cc(N)ccc2n1. The molecule has 4 heteroatoms. The molecule has 2 aromatic heterocycles. The van der Waals surface area contributed by atoms with E-state index in [2.05, 4.69) is 40.8 Å². The lowest BCUT2D eigenvalue weighted by atomic mass is 10.2. The number of pyridine rings is 1. The number of nitrogens with two attached hydrogens (primary N) is 1. The largest absolute Gasteiger partial charge is 0.399 e. The van der Waals surface area contributed by atoms with E-state index in [4.69, 9.17) is 5.73 Å². The quantitative estimate of drug-likeness (QED) is 0.713. The summed E-state index contributed by atoms with van der Waals surface area (Å²) in [5, 5.41) is 6.63. The molecule has 0 radical (unpaired) electrons. The van der Waals surface area contributed by atoms with Crippen molar-refractivity contribution in [2.45, 2.75) is 19.4 Å². The molecule has 0 spiro atoms. The Hall–Kier alpha value is -2.07. The fraction of sp³-hybridized carbons (Fsp3) is 0.188. The van der Waals surface area contributed by atoms with Crippen molar-refractivity contribution in [3.8, 4) is 0 Å². The van der Waals surface area contributed by atoms with Crippen molar-refractivity contribution in [1.29, 1.82) is 0 Å². The van der Waals surface area contributed by atoms with Crippen LogP contribution in [0, 0.1) is 0 Å². The smallest absolute Gasteiger partial charge is 0.126 e. The van der Waals surface area contributed by atoms with Crippen LogP contribution in [0.5, 0.6) is 0 Å². The van der Waals surface area contributed by atoms with Gasteiger partial charge in [0.15, 0.2) is 0 Å². The molecule has 0 bridgehead atoms. The fourth-order valence-electron chi connectivity index (χ4n) is 2.26. The van der Waals surface area contributed by atoms with Crippen molar-refractivity contribution in [2.75, 3.05) is 11.1 Å². The third-order valence-corrected chi connectivity index (χ3v) is 4.09. The number of fused-ring (bicyclic) bond motifs is 1. The molecular formula is C16H17N3S. The van der Waals surface area contributed by atoms with Crippen LogP contribution in [0.2, 0.25) is 0 Å². The van der Waals surface area contributed by atoms with Gasteiger partial charge < -0.3 is 11.1 Å². The summed E-state index contributed by atoms with van der Waals surface area (Å²) in [7, 11) is 0. The van der Waals surface area contributed by atoms with Crippen molar-refractivity contribution in [1.82, 2.24) is 4.98 Å². The summed E-state index contributed by atoms with van der Waals surface area (Å²) in [6.45, 7) is 2.18. The molecule has 1 unspecified atom stereocenters. The standard InChI is InChI=1S/C16H17N3S/c1-11(9-14-3-2-8-20-14)18-16-7-4-12-10-13(17)5-6-15(12)19-16/h2-8,10-11H,9,17H2,1H3,(H,18,19). The van der Waals surface area contributed by atoms with E-state index in [1.807, 2.05) is 24.3 Å². The first-order valence-electron chi connectivity index (χ1n) is 6.66. The molecular weight excluding hydrogens is 266 g/mol. The predicted octanol–water partition coefficient (Wildman–Crippen LogP) is 3.92. The topological polar surface area (TPSA) is 50.9 Å². The van der Waals surface area contributed by atoms with E-state index in [1.54, 1.807) is 11.3 Å². The van der Waals surface area contributed by atoms with Gasteiger partial charge in [0.05, 0.1) is 5.52 Å². The molecule has 0 aliphatic rings. The number of benzene rings is 1. The van der Waals surface area contributed by atoms with E-state index in [0.717, 1.165) is 28.8 Å². The van der Waals surface area contributed by atoms with Crippen molar-refractivity contribution in [3.05, 3.63) is 52.7 Å². The maximum Gasteiger partial charge on any atom is 0.126 e. The maximum absolute atomic E-state index is 5.78. The molecule has 3 aromatic rings. The van der Waals surface area contributed by atoms with Crippen molar-refractivity contribution in [3.63, 3.8) is 0 Å². The van der Waals surface area contributed by atoms with Crippen LogP contribution in [0.1, 0.15) is 11.8 Å². The Kier molecular flexibility index (Phi) is 3.56. The zero-order chi connectivity index (χ0) is 13.9. The third-order valence-electron chi connectivity index (χ3n) is 3.20. The Labute approximate surface area is 122 Å². The van der Waals surface area contributed by atoms with Gasteiger partial charge in [0.2, 0.25) is 0 Å². The molecule has 0 saturated heterocycles. The minimum Gasteiger partial charge on any atom is -0.399 e. The van der Waals surface area contributed by atoms with Gasteiger partial charge in [0.1, 0.15) is 5.82 Å². The number of aromatic nitrogens is 1. The van der Waals surface area contributed by atoms with Gasteiger partial charge in [-0.05, 0) is 48.7 Å². The molecule has 0 aliphatic carbocycles. The van der Waals surface area contributed by atoms with Crippen LogP contribution in [0.25, 0.3) is 10.9 Å². The van der Waals surface area contributed by atoms with Gasteiger partial charge >= 0.3 is 0 Å². The predicted molar refractivity (Wildman–Crippen MR) is 87.3 cm³/mol. The highest BCUT2D eigenvalue weighted by atomic mass is 32.1. The first-order valence-corrected chi connectivity index (χ1v) is 7.54. The van der Waals surface area contributed by atoms with Crippen LogP contribution in [0.3, 0.4) is 0 Å². The second-order valence-electron chi connectivity index (χ2n) is 4.98. The second kappa shape index (κ2) is 5.51. The van der Waals surface area contributed by atoms with E-state index >= 15 is 0 Å². The highest BCUT2D eigenvalue weighted by Gasteiger charge is 2.06. The second-order valence-corrected chi connectivity index (χ2v) is 6.01. The molecule has 1 atom stereocenters. The van der Waals surface area contributed by atoms with Crippen LogP contribution in [0.4, 0.5) is 11.5 Å². The Bertz CT molecular complexity index is 707. The monoisotopic (exact) mass is 283 g/mol. The molecule has 20 heavy (non-hydrogen) atoms. The lowest BCUT2D eigenvalue weighted by molar-refractivity contribution is 0.795. The van der Waals surface area contributed by atoms with Gasteiger partial charge in [-0.2, -0.15) is 0 Å². The van der Waals surface area contributed by atoms with Crippen LogP contribution in [-0.2, 0) is 6.42 Å². The number of anilines is 2.